The molecule has 60 valence electrons. The van der Waals surface area contributed by atoms with E-state index < -0.39 is 6.10 Å². The lowest BCUT2D eigenvalue weighted by Gasteiger charge is -2.14. The number of hydrogen-bond donors (Lipinski definition) is 2. The molecule has 10 heavy (non-hydrogen) atoms. The summed E-state index contributed by atoms with van der Waals surface area (Å²) in [6.07, 6.45) is -0.653. The second-order valence-corrected chi connectivity index (χ2v) is 3.76. The Morgan fingerprint density at radius 1 is 1.70 bits per heavy atom. The van der Waals surface area contributed by atoms with Gasteiger partial charge in [0.1, 0.15) is 0 Å². The molecule has 1 saturated heterocycles. The fourth-order valence-electron chi connectivity index (χ4n) is 0.936. The summed E-state index contributed by atoms with van der Waals surface area (Å²) in [4.78, 5) is 0. The summed E-state index contributed by atoms with van der Waals surface area (Å²) in [5.74, 6) is 0.760. The number of thioether (sulfide) groups is 1. The quantitative estimate of drug-likeness (QED) is 0.572. The number of aliphatic hydroxyl groups is 2. The molecule has 2 N–H and O–H groups in total. The van der Waals surface area contributed by atoms with E-state index in [2.05, 4.69) is 9.47 Å². The Labute approximate surface area is 66.4 Å². The van der Waals surface area contributed by atoms with Crippen LogP contribution in [-0.2, 0) is 4.52 Å². The van der Waals surface area contributed by atoms with Gasteiger partial charge >= 0.3 is 0 Å². The van der Waals surface area contributed by atoms with Crippen molar-refractivity contribution in [3.8, 4) is 0 Å². The van der Waals surface area contributed by atoms with E-state index in [-0.39, 0.29) is 18.0 Å². The molecule has 1 rings (SSSR count). The van der Waals surface area contributed by atoms with Crippen LogP contribution in [0, 0.1) is 0 Å². The minimum atomic E-state index is -0.521. The zero-order valence-corrected chi connectivity index (χ0v) is 7.41. The highest BCUT2D eigenvalue weighted by molar-refractivity contribution is 8.00. The lowest BCUT2D eigenvalue weighted by atomic mass is 10.2. The van der Waals surface area contributed by atoms with E-state index in [1.165, 1.54) is 0 Å². The first-order valence-electron chi connectivity index (χ1n) is 3.05. The molecule has 5 heteroatoms. The molecule has 1 aliphatic rings. The molecule has 0 radical (unpaired) electrons. The van der Waals surface area contributed by atoms with Crippen LogP contribution in [0.5, 0.6) is 0 Å². The molecule has 4 atom stereocenters. The minimum absolute atomic E-state index is 0.0242. The predicted molar refractivity (Wildman–Crippen MR) is 43.9 cm³/mol. The lowest BCUT2D eigenvalue weighted by Crippen LogP contribution is -2.31. The van der Waals surface area contributed by atoms with Crippen LogP contribution < -0.4 is 0 Å². The summed E-state index contributed by atoms with van der Waals surface area (Å²) in [7, 11) is 2.13. The highest BCUT2D eigenvalue weighted by Gasteiger charge is 2.34. The summed E-state index contributed by atoms with van der Waals surface area (Å²) in [5, 5.41) is 18.0. The van der Waals surface area contributed by atoms with Gasteiger partial charge in [-0.1, -0.05) is 0 Å². The summed E-state index contributed by atoms with van der Waals surface area (Å²) in [5.41, 5.74) is 0. The Balaban J connectivity index is 2.41. The summed E-state index contributed by atoms with van der Waals surface area (Å²) in [6, 6.07) is 0. The zero-order chi connectivity index (χ0) is 7.56. The molecule has 0 aliphatic carbocycles. The van der Waals surface area contributed by atoms with E-state index in [9.17, 15) is 5.11 Å². The van der Waals surface area contributed by atoms with Crippen LogP contribution in [0.15, 0.2) is 0 Å². The molecule has 1 aliphatic heterocycles. The molecule has 1 unspecified atom stereocenters. The first kappa shape index (κ1) is 8.75. The van der Waals surface area contributed by atoms with Crippen LogP contribution in [-0.4, -0.2) is 40.0 Å². The minimum Gasteiger partial charge on any atom is -0.395 e. The molecule has 0 aromatic rings. The molecule has 0 bridgehead atoms. The van der Waals surface area contributed by atoms with Crippen molar-refractivity contribution in [1.82, 2.24) is 0 Å². The van der Waals surface area contributed by atoms with Crippen LogP contribution in [0.2, 0.25) is 0 Å². The highest BCUT2D eigenvalue weighted by Crippen LogP contribution is 2.29. The van der Waals surface area contributed by atoms with Gasteiger partial charge in [0.05, 0.1) is 24.1 Å². The molecule has 0 amide bonds. The summed E-state index contributed by atoms with van der Waals surface area (Å²) >= 11 is 1.54. The van der Waals surface area contributed by atoms with Crippen LogP contribution in [0.3, 0.4) is 0 Å². The van der Waals surface area contributed by atoms with Gasteiger partial charge in [-0.05, 0) is 0 Å². The molecular formula is C5H11O3PS. The van der Waals surface area contributed by atoms with Crippen molar-refractivity contribution in [2.75, 3.05) is 12.4 Å². The largest absolute Gasteiger partial charge is 0.395 e. The van der Waals surface area contributed by atoms with E-state index in [4.69, 9.17) is 9.63 Å². The van der Waals surface area contributed by atoms with Gasteiger partial charge < -0.3 is 14.7 Å². The van der Waals surface area contributed by atoms with Gasteiger partial charge in [0.2, 0.25) is 0 Å². The predicted octanol–water partition coefficient (Wildman–Crippen LogP) is -0.370. The third kappa shape index (κ3) is 1.63. The number of aliphatic hydroxyl groups excluding tert-OH is 2. The first-order chi connectivity index (χ1) is 4.79. The second-order valence-electron chi connectivity index (χ2n) is 2.22. The molecule has 0 saturated carbocycles. The Hall–Kier alpha value is 0.660. The van der Waals surface area contributed by atoms with Crippen molar-refractivity contribution in [2.24, 2.45) is 0 Å². The van der Waals surface area contributed by atoms with E-state index in [1.54, 1.807) is 11.8 Å². The zero-order valence-electron chi connectivity index (χ0n) is 5.43. The normalized spacial score (nSPS) is 40.5. The highest BCUT2D eigenvalue weighted by atomic mass is 32.2. The first-order valence-corrected chi connectivity index (χ1v) is 4.57. The lowest BCUT2D eigenvalue weighted by molar-refractivity contribution is 0.0573. The average Bonchev–Trinajstić information content (AvgIpc) is 2.30. The van der Waals surface area contributed by atoms with Crippen LogP contribution >= 0.6 is 21.2 Å². The van der Waals surface area contributed by atoms with Crippen molar-refractivity contribution in [3.63, 3.8) is 0 Å². The molecule has 0 aromatic heterocycles. The SMILES string of the molecule is OC[C@H]1SC[C@@H](OP)[C@@H]1O. The standard InChI is InChI=1S/C5H11O3PS/c6-1-4-5(7)3(8-9)2-10-4/h3-7H,1-2,9H2/t3-,4-,5+/m1/s1. The molecule has 3 nitrogen and oxygen atoms in total. The van der Waals surface area contributed by atoms with Gasteiger partial charge in [-0.25, -0.2) is 0 Å². The maximum Gasteiger partial charge on any atom is 0.0971 e. The Kier molecular flexibility index (Phi) is 3.40. The summed E-state index contributed by atoms with van der Waals surface area (Å²) < 4.78 is 4.89. The fraction of sp³-hybridized carbons (Fsp3) is 1.00. The second kappa shape index (κ2) is 3.88. The molecule has 1 heterocycles. The van der Waals surface area contributed by atoms with E-state index in [0.717, 1.165) is 5.75 Å². The van der Waals surface area contributed by atoms with E-state index in [1.807, 2.05) is 0 Å². The van der Waals surface area contributed by atoms with E-state index >= 15 is 0 Å². The maximum atomic E-state index is 9.33. The van der Waals surface area contributed by atoms with Crippen LogP contribution in [0.25, 0.3) is 0 Å². The van der Waals surface area contributed by atoms with Crippen molar-refractivity contribution in [3.05, 3.63) is 0 Å². The third-order valence-electron chi connectivity index (χ3n) is 1.59. The third-order valence-corrected chi connectivity index (χ3v) is 3.32. The Bertz CT molecular complexity index is 101. The molecule has 0 spiro atoms. The van der Waals surface area contributed by atoms with Gasteiger partial charge in [-0.3, -0.25) is 0 Å². The molecule has 1 fully saturated rings. The fourth-order valence-corrected chi connectivity index (χ4v) is 2.52. The number of rotatable bonds is 2. The maximum absolute atomic E-state index is 9.33. The summed E-state index contributed by atoms with van der Waals surface area (Å²) in [6.45, 7) is 0.0242. The van der Waals surface area contributed by atoms with Crippen molar-refractivity contribution in [1.29, 1.82) is 0 Å². The van der Waals surface area contributed by atoms with Gasteiger partial charge in [0.25, 0.3) is 0 Å². The van der Waals surface area contributed by atoms with Gasteiger partial charge in [-0.2, -0.15) is 11.8 Å². The van der Waals surface area contributed by atoms with Gasteiger partial charge in [0.15, 0.2) is 0 Å². The van der Waals surface area contributed by atoms with Gasteiger partial charge in [-0.15, -0.1) is 0 Å². The number of hydrogen-bond acceptors (Lipinski definition) is 4. The smallest absolute Gasteiger partial charge is 0.0971 e. The molecule has 0 aromatic carbocycles. The Morgan fingerprint density at radius 3 is 2.70 bits per heavy atom. The van der Waals surface area contributed by atoms with Crippen LogP contribution in [0.1, 0.15) is 0 Å². The van der Waals surface area contributed by atoms with Crippen molar-refractivity contribution in [2.45, 2.75) is 17.5 Å². The van der Waals surface area contributed by atoms with Crippen molar-refractivity contribution < 1.29 is 14.7 Å². The molecular weight excluding hydrogens is 171 g/mol. The Morgan fingerprint density at radius 2 is 2.40 bits per heavy atom. The van der Waals surface area contributed by atoms with Crippen molar-refractivity contribution >= 4 is 21.2 Å². The van der Waals surface area contributed by atoms with Gasteiger partial charge in [0, 0.05) is 15.2 Å². The average molecular weight is 182 g/mol. The van der Waals surface area contributed by atoms with Crippen LogP contribution in [0.4, 0.5) is 0 Å². The van der Waals surface area contributed by atoms with E-state index in [0.29, 0.717) is 0 Å². The monoisotopic (exact) mass is 182 g/mol. The topological polar surface area (TPSA) is 49.7 Å².